The van der Waals surface area contributed by atoms with Crippen molar-refractivity contribution < 1.29 is 9.13 Å². The van der Waals surface area contributed by atoms with Gasteiger partial charge in [-0.1, -0.05) is 6.92 Å². The fraction of sp³-hybridized carbons (Fsp3) is 0.714. The van der Waals surface area contributed by atoms with Crippen LogP contribution in [0.3, 0.4) is 0 Å². The summed E-state index contributed by atoms with van der Waals surface area (Å²) in [6.07, 6.45) is 5.61. The van der Waals surface area contributed by atoms with Gasteiger partial charge in [-0.2, -0.15) is 4.98 Å². The van der Waals surface area contributed by atoms with E-state index in [1.807, 2.05) is 0 Å². The standard InChI is InChI=1S/C14H23FN4O/c1-2-6-17-14-18-9-12(15)13(19-14)16-7-3-8-20-10-11-4-5-11/h9,11H,2-8,10H2,1H3,(H2,16,17,18,19). The Morgan fingerprint density at radius 2 is 2.20 bits per heavy atom. The summed E-state index contributed by atoms with van der Waals surface area (Å²) in [5.41, 5.74) is 0. The third kappa shape index (κ3) is 5.28. The predicted molar refractivity (Wildman–Crippen MR) is 77.4 cm³/mol. The highest BCUT2D eigenvalue weighted by Crippen LogP contribution is 2.28. The molecule has 1 aliphatic rings. The van der Waals surface area contributed by atoms with Gasteiger partial charge in [0.1, 0.15) is 0 Å². The maximum absolute atomic E-state index is 13.5. The lowest BCUT2D eigenvalue weighted by molar-refractivity contribution is 0.124. The quantitative estimate of drug-likeness (QED) is 0.646. The number of nitrogens with one attached hydrogen (secondary N) is 2. The molecule has 0 bridgehead atoms. The highest BCUT2D eigenvalue weighted by Gasteiger charge is 2.20. The van der Waals surface area contributed by atoms with Crippen molar-refractivity contribution in [1.82, 2.24) is 9.97 Å². The maximum atomic E-state index is 13.5. The molecule has 0 amide bonds. The van der Waals surface area contributed by atoms with E-state index in [4.69, 9.17) is 4.74 Å². The Morgan fingerprint density at radius 1 is 1.35 bits per heavy atom. The molecule has 5 nitrogen and oxygen atoms in total. The Kier molecular flexibility index (Phi) is 5.98. The Hall–Kier alpha value is -1.43. The molecule has 0 unspecified atom stereocenters. The van der Waals surface area contributed by atoms with Crippen LogP contribution in [0.5, 0.6) is 0 Å². The van der Waals surface area contributed by atoms with Crippen LogP contribution in [0.4, 0.5) is 16.2 Å². The summed E-state index contributed by atoms with van der Waals surface area (Å²) < 4.78 is 19.1. The van der Waals surface area contributed by atoms with Gasteiger partial charge >= 0.3 is 0 Å². The molecule has 0 aromatic carbocycles. The monoisotopic (exact) mass is 282 g/mol. The zero-order chi connectivity index (χ0) is 14.2. The minimum absolute atomic E-state index is 0.251. The Labute approximate surface area is 119 Å². The third-order valence-electron chi connectivity index (χ3n) is 3.09. The van der Waals surface area contributed by atoms with Gasteiger partial charge in [-0.15, -0.1) is 0 Å². The van der Waals surface area contributed by atoms with Gasteiger partial charge in [0.2, 0.25) is 5.95 Å². The highest BCUT2D eigenvalue weighted by molar-refractivity contribution is 5.40. The van der Waals surface area contributed by atoms with Crippen molar-refractivity contribution in [2.75, 3.05) is 36.9 Å². The van der Waals surface area contributed by atoms with Crippen LogP contribution in [-0.4, -0.2) is 36.3 Å². The van der Waals surface area contributed by atoms with Crippen molar-refractivity contribution in [2.45, 2.75) is 32.6 Å². The Bertz CT molecular complexity index is 412. The van der Waals surface area contributed by atoms with E-state index < -0.39 is 5.82 Å². The van der Waals surface area contributed by atoms with Crippen LogP contribution in [0.1, 0.15) is 32.6 Å². The number of hydrogen-bond donors (Lipinski definition) is 2. The lowest BCUT2D eigenvalue weighted by atomic mass is 10.4. The molecular formula is C14H23FN4O. The van der Waals surface area contributed by atoms with E-state index in [0.717, 1.165) is 31.9 Å². The molecule has 0 spiro atoms. The van der Waals surface area contributed by atoms with E-state index >= 15 is 0 Å². The number of rotatable bonds is 10. The minimum Gasteiger partial charge on any atom is -0.381 e. The van der Waals surface area contributed by atoms with Gasteiger partial charge in [-0.3, -0.25) is 0 Å². The van der Waals surface area contributed by atoms with Gasteiger partial charge in [0.15, 0.2) is 11.6 Å². The molecule has 2 rings (SSSR count). The van der Waals surface area contributed by atoms with Crippen LogP contribution in [0.25, 0.3) is 0 Å². The van der Waals surface area contributed by atoms with E-state index in [9.17, 15) is 4.39 Å². The molecule has 1 aliphatic carbocycles. The molecule has 2 N–H and O–H groups in total. The first-order valence-electron chi connectivity index (χ1n) is 7.37. The largest absolute Gasteiger partial charge is 0.381 e. The molecule has 0 aliphatic heterocycles. The number of aromatic nitrogens is 2. The molecule has 1 aromatic rings. The summed E-state index contributed by atoms with van der Waals surface area (Å²) in [6.45, 7) is 5.05. The smallest absolute Gasteiger partial charge is 0.224 e. The van der Waals surface area contributed by atoms with Crippen LogP contribution >= 0.6 is 0 Å². The molecule has 112 valence electrons. The zero-order valence-corrected chi connectivity index (χ0v) is 12.0. The topological polar surface area (TPSA) is 59.1 Å². The van der Waals surface area contributed by atoms with Crippen LogP contribution in [-0.2, 0) is 4.74 Å². The van der Waals surface area contributed by atoms with Crippen molar-refractivity contribution in [3.8, 4) is 0 Å². The van der Waals surface area contributed by atoms with Crippen molar-refractivity contribution in [3.05, 3.63) is 12.0 Å². The summed E-state index contributed by atoms with van der Waals surface area (Å²) in [5, 5.41) is 6.03. The van der Waals surface area contributed by atoms with Gasteiger partial charge in [0.25, 0.3) is 0 Å². The number of nitrogens with zero attached hydrogens (tertiary/aromatic N) is 2. The molecule has 1 heterocycles. The number of hydrogen-bond acceptors (Lipinski definition) is 5. The minimum atomic E-state index is -0.425. The summed E-state index contributed by atoms with van der Waals surface area (Å²) >= 11 is 0. The number of ether oxygens (including phenoxy) is 1. The third-order valence-corrected chi connectivity index (χ3v) is 3.09. The van der Waals surface area contributed by atoms with Crippen molar-refractivity contribution in [3.63, 3.8) is 0 Å². The summed E-state index contributed by atoms with van der Waals surface area (Å²) in [4.78, 5) is 8.02. The Balaban J connectivity index is 1.67. The summed E-state index contributed by atoms with van der Waals surface area (Å²) in [7, 11) is 0. The lowest BCUT2D eigenvalue weighted by Crippen LogP contribution is -2.11. The van der Waals surface area contributed by atoms with Gasteiger partial charge < -0.3 is 15.4 Å². The fourth-order valence-corrected chi connectivity index (χ4v) is 1.73. The first-order chi connectivity index (χ1) is 9.79. The molecule has 1 fully saturated rings. The normalized spacial score (nSPS) is 14.3. The predicted octanol–water partition coefficient (Wildman–Crippen LogP) is 2.67. The van der Waals surface area contributed by atoms with Crippen molar-refractivity contribution in [2.24, 2.45) is 5.92 Å². The van der Waals surface area contributed by atoms with E-state index in [0.29, 0.717) is 19.1 Å². The van der Waals surface area contributed by atoms with Crippen LogP contribution in [0, 0.1) is 11.7 Å². The fourth-order valence-electron chi connectivity index (χ4n) is 1.73. The van der Waals surface area contributed by atoms with E-state index in [-0.39, 0.29) is 5.82 Å². The van der Waals surface area contributed by atoms with Gasteiger partial charge in [0, 0.05) is 26.3 Å². The van der Waals surface area contributed by atoms with E-state index in [1.54, 1.807) is 0 Å². The van der Waals surface area contributed by atoms with Gasteiger partial charge in [-0.05, 0) is 31.6 Å². The lowest BCUT2D eigenvalue weighted by Gasteiger charge is -2.09. The molecular weight excluding hydrogens is 259 g/mol. The molecule has 0 saturated heterocycles. The summed E-state index contributed by atoms with van der Waals surface area (Å²) in [6, 6.07) is 0. The van der Waals surface area contributed by atoms with Crippen LogP contribution in [0.2, 0.25) is 0 Å². The molecule has 20 heavy (non-hydrogen) atoms. The SMILES string of the molecule is CCCNc1ncc(F)c(NCCCOCC2CC2)n1. The van der Waals surface area contributed by atoms with Gasteiger partial charge in [-0.25, -0.2) is 9.37 Å². The van der Waals surface area contributed by atoms with E-state index in [2.05, 4.69) is 27.5 Å². The van der Waals surface area contributed by atoms with Gasteiger partial charge in [0.05, 0.1) is 6.20 Å². The van der Waals surface area contributed by atoms with Crippen molar-refractivity contribution >= 4 is 11.8 Å². The van der Waals surface area contributed by atoms with Crippen molar-refractivity contribution in [1.29, 1.82) is 0 Å². The zero-order valence-electron chi connectivity index (χ0n) is 12.0. The number of anilines is 2. The second kappa shape index (κ2) is 7.99. The molecule has 1 aromatic heterocycles. The average molecular weight is 282 g/mol. The molecule has 6 heteroatoms. The molecule has 0 radical (unpaired) electrons. The second-order valence-electron chi connectivity index (χ2n) is 5.12. The highest BCUT2D eigenvalue weighted by atomic mass is 19.1. The summed E-state index contributed by atoms with van der Waals surface area (Å²) in [5.74, 6) is 1.07. The van der Waals surface area contributed by atoms with Crippen LogP contribution < -0.4 is 10.6 Å². The molecule has 0 atom stereocenters. The average Bonchev–Trinajstić information content (AvgIpc) is 3.27. The first-order valence-corrected chi connectivity index (χ1v) is 7.37. The second-order valence-corrected chi connectivity index (χ2v) is 5.12. The number of halogens is 1. The van der Waals surface area contributed by atoms with E-state index in [1.165, 1.54) is 19.0 Å². The maximum Gasteiger partial charge on any atom is 0.224 e. The molecule has 1 saturated carbocycles. The Morgan fingerprint density at radius 3 is 2.95 bits per heavy atom. The first kappa shape index (κ1) is 15.0. The van der Waals surface area contributed by atoms with Crippen LogP contribution in [0.15, 0.2) is 6.20 Å².